The van der Waals surface area contributed by atoms with Crippen LogP contribution in [0.25, 0.3) is 0 Å². The molecule has 1 unspecified atom stereocenters. The molecule has 1 aliphatic rings. The van der Waals surface area contributed by atoms with Crippen molar-refractivity contribution >= 4 is 22.9 Å². The topological polar surface area (TPSA) is 12.0 Å². The lowest BCUT2D eigenvalue weighted by molar-refractivity contribution is 0.466. The van der Waals surface area contributed by atoms with Gasteiger partial charge in [-0.2, -0.15) is 0 Å². The highest BCUT2D eigenvalue weighted by Crippen LogP contribution is 2.33. The van der Waals surface area contributed by atoms with Crippen molar-refractivity contribution in [2.24, 2.45) is 0 Å². The van der Waals surface area contributed by atoms with E-state index in [0.29, 0.717) is 5.92 Å². The number of hydrogen-bond acceptors (Lipinski definition) is 2. The lowest BCUT2D eigenvalue weighted by atomic mass is 9.98. The standard InChI is InChI=1S/C10H14ClNS/c1-7-9(11)5-10(13-7)8-3-2-4-12-6-8/h5,8,12H,2-4,6H2,1H3. The molecular formula is C10H14ClNS. The Labute approximate surface area is 88.1 Å². The molecule has 1 saturated heterocycles. The smallest absolute Gasteiger partial charge is 0.0545 e. The Morgan fingerprint density at radius 1 is 1.62 bits per heavy atom. The minimum Gasteiger partial charge on any atom is -0.316 e. The molecule has 1 nitrogen and oxygen atoms in total. The van der Waals surface area contributed by atoms with Crippen LogP contribution in [0.4, 0.5) is 0 Å². The molecule has 0 radical (unpaired) electrons. The van der Waals surface area contributed by atoms with Crippen molar-refractivity contribution < 1.29 is 0 Å². The monoisotopic (exact) mass is 215 g/mol. The second kappa shape index (κ2) is 3.99. The zero-order valence-electron chi connectivity index (χ0n) is 7.77. The van der Waals surface area contributed by atoms with Crippen LogP contribution in [0.5, 0.6) is 0 Å². The molecule has 3 heteroatoms. The summed E-state index contributed by atoms with van der Waals surface area (Å²) in [7, 11) is 0. The van der Waals surface area contributed by atoms with Crippen molar-refractivity contribution in [3.63, 3.8) is 0 Å². The molecule has 0 bridgehead atoms. The van der Waals surface area contributed by atoms with Gasteiger partial charge < -0.3 is 5.32 Å². The van der Waals surface area contributed by atoms with Gasteiger partial charge in [0.1, 0.15) is 0 Å². The van der Waals surface area contributed by atoms with Crippen LogP contribution in [-0.2, 0) is 0 Å². The molecule has 0 aromatic carbocycles. The van der Waals surface area contributed by atoms with Gasteiger partial charge in [0.05, 0.1) is 5.02 Å². The van der Waals surface area contributed by atoms with Gasteiger partial charge in [-0.1, -0.05) is 11.6 Å². The molecule has 1 atom stereocenters. The minimum absolute atomic E-state index is 0.699. The average Bonchev–Trinajstić information content (AvgIpc) is 2.49. The van der Waals surface area contributed by atoms with Crippen LogP contribution >= 0.6 is 22.9 Å². The first kappa shape index (κ1) is 9.50. The Morgan fingerprint density at radius 2 is 2.46 bits per heavy atom. The van der Waals surface area contributed by atoms with E-state index in [1.165, 1.54) is 29.1 Å². The molecule has 72 valence electrons. The lowest BCUT2D eigenvalue weighted by Gasteiger charge is -2.21. The average molecular weight is 216 g/mol. The summed E-state index contributed by atoms with van der Waals surface area (Å²) in [5, 5.41) is 4.36. The van der Waals surface area contributed by atoms with E-state index < -0.39 is 0 Å². The third-order valence-corrected chi connectivity index (χ3v) is 4.29. The summed E-state index contributed by atoms with van der Waals surface area (Å²) in [4.78, 5) is 2.71. The molecule has 1 N–H and O–H groups in total. The maximum atomic E-state index is 6.04. The SMILES string of the molecule is Cc1sc(C2CCCNC2)cc1Cl. The molecule has 0 amide bonds. The van der Waals surface area contributed by atoms with Crippen molar-refractivity contribution in [2.75, 3.05) is 13.1 Å². The molecule has 0 aliphatic carbocycles. The highest BCUT2D eigenvalue weighted by atomic mass is 35.5. The van der Waals surface area contributed by atoms with Crippen LogP contribution in [0.15, 0.2) is 6.07 Å². The zero-order chi connectivity index (χ0) is 9.26. The molecule has 2 rings (SSSR count). The molecule has 1 fully saturated rings. The van der Waals surface area contributed by atoms with E-state index in [0.717, 1.165) is 11.6 Å². The highest BCUT2D eigenvalue weighted by Gasteiger charge is 2.17. The van der Waals surface area contributed by atoms with E-state index in [4.69, 9.17) is 11.6 Å². The molecule has 1 aromatic rings. The second-order valence-electron chi connectivity index (χ2n) is 3.60. The summed E-state index contributed by atoms with van der Waals surface area (Å²) in [6.07, 6.45) is 2.60. The number of thiophene rings is 1. The van der Waals surface area contributed by atoms with Gasteiger partial charge in [-0.15, -0.1) is 11.3 Å². The van der Waals surface area contributed by atoms with E-state index in [2.05, 4.69) is 18.3 Å². The molecule has 0 spiro atoms. The summed E-state index contributed by atoms with van der Waals surface area (Å²) in [6, 6.07) is 2.14. The molecule has 13 heavy (non-hydrogen) atoms. The number of aryl methyl sites for hydroxylation is 1. The van der Waals surface area contributed by atoms with Crippen molar-refractivity contribution in [1.29, 1.82) is 0 Å². The first-order valence-corrected chi connectivity index (χ1v) is 5.93. The normalized spacial score (nSPS) is 23.4. The molecule has 1 aliphatic heterocycles. The largest absolute Gasteiger partial charge is 0.316 e. The summed E-state index contributed by atoms with van der Waals surface area (Å²) >= 11 is 7.89. The van der Waals surface area contributed by atoms with Crippen molar-refractivity contribution in [3.05, 3.63) is 20.8 Å². The zero-order valence-corrected chi connectivity index (χ0v) is 9.34. The summed E-state index contributed by atoms with van der Waals surface area (Å²) in [5.41, 5.74) is 0. The fourth-order valence-electron chi connectivity index (χ4n) is 1.78. The number of piperidine rings is 1. The quantitative estimate of drug-likeness (QED) is 0.759. The Balaban J connectivity index is 2.14. The van der Waals surface area contributed by atoms with Gasteiger partial charge in [-0.3, -0.25) is 0 Å². The molecule has 2 heterocycles. The van der Waals surface area contributed by atoms with Crippen LogP contribution in [0, 0.1) is 6.92 Å². The van der Waals surface area contributed by atoms with E-state index in [9.17, 15) is 0 Å². The third kappa shape index (κ3) is 2.06. The Hall–Kier alpha value is -0.0500. The number of nitrogens with one attached hydrogen (secondary N) is 1. The minimum atomic E-state index is 0.699. The second-order valence-corrected chi connectivity index (χ2v) is 5.29. The van der Waals surface area contributed by atoms with Gasteiger partial charge in [-0.05, 0) is 32.4 Å². The van der Waals surface area contributed by atoms with Crippen LogP contribution in [0.1, 0.15) is 28.5 Å². The van der Waals surface area contributed by atoms with Crippen molar-refractivity contribution in [1.82, 2.24) is 5.32 Å². The first-order valence-electron chi connectivity index (χ1n) is 4.74. The third-order valence-electron chi connectivity index (χ3n) is 2.58. The Morgan fingerprint density at radius 3 is 3.00 bits per heavy atom. The molecule has 1 aromatic heterocycles. The predicted molar refractivity (Wildman–Crippen MR) is 58.9 cm³/mol. The van der Waals surface area contributed by atoms with Gasteiger partial charge >= 0.3 is 0 Å². The number of hydrogen-bond donors (Lipinski definition) is 1. The van der Waals surface area contributed by atoms with E-state index in [1.807, 2.05) is 11.3 Å². The first-order chi connectivity index (χ1) is 6.27. The van der Waals surface area contributed by atoms with Gasteiger partial charge in [0.25, 0.3) is 0 Å². The summed E-state index contributed by atoms with van der Waals surface area (Å²) in [5.74, 6) is 0.699. The van der Waals surface area contributed by atoms with Gasteiger partial charge in [0.2, 0.25) is 0 Å². The van der Waals surface area contributed by atoms with E-state index in [-0.39, 0.29) is 0 Å². The maximum Gasteiger partial charge on any atom is 0.0545 e. The maximum absolute atomic E-state index is 6.04. The number of rotatable bonds is 1. The van der Waals surface area contributed by atoms with Crippen molar-refractivity contribution in [2.45, 2.75) is 25.7 Å². The number of halogens is 1. The Kier molecular flexibility index (Phi) is 2.92. The van der Waals surface area contributed by atoms with Crippen LogP contribution in [0.2, 0.25) is 5.02 Å². The van der Waals surface area contributed by atoms with Crippen LogP contribution < -0.4 is 5.32 Å². The van der Waals surface area contributed by atoms with Crippen molar-refractivity contribution in [3.8, 4) is 0 Å². The lowest BCUT2D eigenvalue weighted by Crippen LogP contribution is -2.27. The summed E-state index contributed by atoms with van der Waals surface area (Å²) < 4.78 is 0. The Bertz CT molecular complexity index is 270. The summed E-state index contributed by atoms with van der Waals surface area (Å²) in [6.45, 7) is 4.39. The van der Waals surface area contributed by atoms with Gasteiger partial charge in [-0.25, -0.2) is 0 Å². The van der Waals surface area contributed by atoms with E-state index >= 15 is 0 Å². The van der Waals surface area contributed by atoms with Crippen LogP contribution in [-0.4, -0.2) is 13.1 Å². The fraction of sp³-hybridized carbons (Fsp3) is 0.600. The van der Waals surface area contributed by atoms with Gasteiger partial charge in [0.15, 0.2) is 0 Å². The van der Waals surface area contributed by atoms with Crippen LogP contribution in [0.3, 0.4) is 0 Å². The molecule has 0 saturated carbocycles. The fourth-order valence-corrected chi connectivity index (χ4v) is 3.13. The highest BCUT2D eigenvalue weighted by molar-refractivity contribution is 7.12. The predicted octanol–water partition coefficient (Wildman–Crippen LogP) is 3.18. The van der Waals surface area contributed by atoms with E-state index in [1.54, 1.807) is 0 Å². The van der Waals surface area contributed by atoms with Gasteiger partial charge in [0, 0.05) is 22.2 Å². The molecular weight excluding hydrogens is 202 g/mol.